The third-order valence-corrected chi connectivity index (χ3v) is 3.93. The van der Waals surface area contributed by atoms with Gasteiger partial charge in [-0.15, -0.1) is 0 Å². The van der Waals surface area contributed by atoms with Crippen molar-refractivity contribution in [3.63, 3.8) is 0 Å². The number of amides is 1. The van der Waals surface area contributed by atoms with Crippen molar-refractivity contribution in [3.05, 3.63) is 47.4 Å². The number of piperazine rings is 1. The van der Waals surface area contributed by atoms with E-state index in [2.05, 4.69) is 4.99 Å². The topological polar surface area (TPSA) is 62.2 Å². The highest BCUT2D eigenvalue weighted by atomic mass is 19.1. The Morgan fingerprint density at radius 3 is 2.26 bits per heavy atom. The molecular weight excluding hydrogens is 349 g/mol. The molecule has 0 N–H and O–H groups in total. The normalized spacial score (nSPS) is 16.0. The highest BCUT2D eigenvalue weighted by Gasteiger charge is 2.24. The fourth-order valence-electron chi connectivity index (χ4n) is 2.47. The smallest absolute Gasteiger partial charge is 0.410 e. The Morgan fingerprint density at radius 2 is 1.70 bits per heavy atom. The Balaban J connectivity index is 1.85. The predicted molar refractivity (Wildman–Crippen MR) is 102 cm³/mol. The number of Topliss-reactive ketones (excluding diaryl/α,β-unsaturated/α-hetero) is 1. The number of allylic oxidation sites excluding steroid dienone is 1. The van der Waals surface area contributed by atoms with Gasteiger partial charge in [-0.3, -0.25) is 4.79 Å². The number of ketones is 1. The lowest BCUT2D eigenvalue weighted by Gasteiger charge is -2.34. The third-order valence-electron chi connectivity index (χ3n) is 3.93. The largest absolute Gasteiger partial charge is 0.444 e. The van der Waals surface area contributed by atoms with Crippen molar-refractivity contribution in [1.82, 2.24) is 9.80 Å². The second kappa shape index (κ2) is 8.79. The molecule has 0 saturated carbocycles. The summed E-state index contributed by atoms with van der Waals surface area (Å²) in [5, 5.41) is 0. The van der Waals surface area contributed by atoms with Crippen molar-refractivity contribution in [2.24, 2.45) is 4.99 Å². The Labute approximate surface area is 159 Å². The number of hydrogen-bond donors (Lipinski definition) is 0. The zero-order chi connectivity index (χ0) is 20.0. The monoisotopic (exact) mass is 375 g/mol. The van der Waals surface area contributed by atoms with Crippen LogP contribution in [0.15, 0.2) is 41.0 Å². The second-order valence-electron chi connectivity index (χ2n) is 7.42. The van der Waals surface area contributed by atoms with Crippen molar-refractivity contribution in [2.75, 3.05) is 26.2 Å². The molecule has 0 bridgehead atoms. The van der Waals surface area contributed by atoms with Gasteiger partial charge in [-0.1, -0.05) is 0 Å². The van der Waals surface area contributed by atoms with Gasteiger partial charge in [0.2, 0.25) is 0 Å². The van der Waals surface area contributed by atoms with Gasteiger partial charge in [-0.25, -0.2) is 14.2 Å². The van der Waals surface area contributed by atoms with Gasteiger partial charge in [0.1, 0.15) is 11.4 Å². The van der Waals surface area contributed by atoms with Gasteiger partial charge in [0, 0.05) is 43.5 Å². The molecule has 1 aromatic rings. The number of ether oxygens (including phenoxy) is 1. The van der Waals surface area contributed by atoms with E-state index in [4.69, 9.17) is 4.74 Å². The number of carbonyl (C=O) groups excluding carboxylic acids is 2. The van der Waals surface area contributed by atoms with E-state index >= 15 is 0 Å². The predicted octanol–water partition coefficient (Wildman–Crippen LogP) is 3.49. The Morgan fingerprint density at radius 1 is 1.11 bits per heavy atom. The van der Waals surface area contributed by atoms with Crippen LogP contribution in [-0.4, -0.2) is 59.8 Å². The standard InChI is InChI=1S/C20H26FN3O3/c1-15(18(25)16-5-7-17(21)8-6-16)13-22-14-23-9-11-24(12-10-23)19(26)27-20(2,3)4/h5-8,13-14H,9-12H2,1-4H3/b15-13+,22-14+. The van der Waals surface area contributed by atoms with E-state index in [0.29, 0.717) is 37.3 Å². The summed E-state index contributed by atoms with van der Waals surface area (Å²) >= 11 is 0. The number of aliphatic imine (C=N–C) groups is 1. The molecular formula is C20H26FN3O3. The van der Waals surface area contributed by atoms with Crippen LogP contribution in [0.1, 0.15) is 38.1 Å². The summed E-state index contributed by atoms with van der Waals surface area (Å²) in [6.45, 7) is 9.59. The third kappa shape index (κ3) is 6.51. The van der Waals surface area contributed by atoms with E-state index in [0.717, 1.165) is 0 Å². The SMILES string of the molecule is C/C(=C\N=C\N1CCN(C(=O)OC(C)(C)C)CC1)C(=O)c1ccc(F)cc1. The maximum atomic E-state index is 12.9. The molecule has 0 atom stereocenters. The fraction of sp³-hybridized carbons (Fsp3) is 0.450. The number of hydrogen-bond acceptors (Lipinski definition) is 4. The van der Waals surface area contributed by atoms with E-state index in [-0.39, 0.29) is 17.7 Å². The molecule has 0 spiro atoms. The molecule has 1 heterocycles. The average Bonchev–Trinajstić information content (AvgIpc) is 2.60. The molecule has 0 aliphatic carbocycles. The molecule has 27 heavy (non-hydrogen) atoms. The van der Waals surface area contributed by atoms with Crippen LogP contribution in [-0.2, 0) is 4.74 Å². The first-order valence-corrected chi connectivity index (χ1v) is 8.88. The summed E-state index contributed by atoms with van der Waals surface area (Å²) in [6, 6.07) is 5.42. The summed E-state index contributed by atoms with van der Waals surface area (Å²) in [4.78, 5) is 32.1. The van der Waals surface area contributed by atoms with Crippen molar-refractivity contribution in [3.8, 4) is 0 Å². The summed E-state index contributed by atoms with van der Waals surface area (Å²) in [5.74, 6) is -0.571. The van der Waals surface area contributed by atoms with E-state index in [1.165, 1.54) is 30.5 Å². The number of rotatable bonds is 4. The number of carbonyl (C=O) groups is 2. The minimum atomic E-state index is -0.505. The first-order chi connectivity index (χ1) is 12.7. The highest BCUT2D eigenvalue weighted by molar-refractivity contribution is 6.08. The van der Waals surface area contributed by atoms with Gasteiger partial charge in [-0.05, 0) is 52.0 Å². The first-order valence-electron chi connectivity index (χ1n) is 8.88. The molecule has 2 rings (SSSR count). The van der Waals surface area contributed by atoms with Crippen LogP contribution in [0.4, 0.5) is 9.18 Å². The van der Waals surface area contributed by atoms with E-state index < -0.39 is 5.60 Å². The highest BCUT2D eigenvalue weighted by Crippen LogP contribution is 2.12. The molecule has 6 nitrogen and oxygen atoms in total. The summed E-state index contributed by atoms with van der Waals surface area (Å²) in [5.41, 5.74) is 0.381. The van der Waals surface area contributed by atoms with Crippen molar-refractivity contribution in [2.45, 2.75) is 33.3 Å². The van der Waals surface area contributed by atoms with E-state index in [1.54, 1.807) is 18.2 Å². The van der Waals surface area contributed by atoms with Crippen LogP contribution in [0, 0.1) is 5.82 Å². The fourth-order valence-corrected chi connectivity index (χ4v) is 2.47. The molecule has 0 aromatic heterocycles. The molecule has 0 radical (unpaired) electrons. The molecule has 1 fully saturated rings. The Hall–Kier alpha value is -2.70. The second-order valence-corrected chi connectivity index (χ2v) is 7.42. The maximum Gasteiger partial charge on any atom is 0.410 e. The van der Waals surface area contributed by atoms with Gasteiger partial charge in [0.25, 0.3) is 0 Å². The van der Waals surface area contributed by atoms with Gasteiger partial charge >= 0.3 is 6.09 Å². The molecule has 1 amide bonds. The Kier molecular flexibility index (Phi) is 6.71. The zero-order valence-electron chi connectivity index (χ0n) is 16.2. The van der Waals surface area contributed by atoms with Crippen LogP contribution in [0.2, 0.25) is 0 Å². The first kappa shape index (κ1) is 20.6. The lowest BCUT2D eigenvalue weighted by Crippen LogP contribution is -2.49. The zero-order valence-corrected chi connectivity index (χ0v) is 16.2. The summed E-state index contributed by atoms with van der Waals surface area (Å²) in [6.07, 6.45) is 2.85. The summed E-state index contributed by atoms with van der Waals surface area (Å²) in [7, 11) is 0. The van der Waals surface area contributed by atoms with Gasteiger partial charge in [0.15, 0.2) is 5.78 Å². The van der Waals surface area contributed by atoms with Gasteiger partial charge < -0.3 is 14.5 Å². The van der Waals surface area contributed by atoms with Crippen molar-refractivity contribution < 1.29 is 18.7 Å². The Bertz CT molecular complexity index is 728. The van der Waals surface area contributed by atoms with E-state index in [1.807, 2.05) is 25.7 Å². The molecule has 1 saturated heterocycles. The van der Waals surface area contributed by atoms with Crippen LogP contribution in [0.25, 0.3) is 0 Å². The van der Waals surface area contributed by atoms with Crippen LogP contribution in [0.3, 0.4) is 0 Å². The quantitative estimate of drug-likeness (QED) is 0.350. The maximum absolute atomic E-state index is 12.9. The average molecular weight is 375 g/mol. The van der Waals surface area contributed by atoms with Crippen LogP contribution >= 0.6 is 0 Å². The number of benzene rings is 1. The number of halogens is 1. The van der Waals surface area contributed by atoms with Crippen LogP contribution in [0.5, 0.6) is 0 Å². The molecule has 0 unspecified atom stereocenters. The molecule has 1 aliphatic rings. The summed E-state index contributed by atoms with van der Waals surface area (Å²) < 4.78 is 18.3. The molecule has 7 heteroatoms. The minimum absolute atomic E-state index is 0.193. The number of nitrogens with zero attached hydrogens (tertiary/aromatic N) is 3. The molecule has 146 valence electrons. The van der Waals surface area contributed by atoms with Gasteiger partial charge in [-0.2, -0.15) is 0 Å². The lowest BCUT2D eigenvalue weighted by atomic mass is 10.1. The molecule has 1 aliphatic heterocycles. The van der Waals surface area contributed by atoms with Crippen LogP contribution < -0.4 is 0 Å². The minimum Gasteiger partial charge on any atom is -0.444 e. The lowest BCUT2D eigenvalue weighted by molar-refractivity contribution is 0.0189. The van der Waals surface area contributed by atoms with E-state index in [9.17, 15) is 14.0 Å². The van der Waals surface area contributed by atoms with Crippen molar-refractivity contribution >= 4 is 18.2 Å². The van der Waals surface area contributed by atoms with Crippen molar-refractivity contribution in [1.29, 1.82) is 0 Å². The molecule has 1 aromatic carbocycles. The van der Waals surface area contributed by atoms with Gasteiger partial charge in [0.05, 0.1) is 6.34 Å².